The van der Waals surface area contributed by atoms with Crippen molar-refractivity contribution in [2.24, 2.45) is 0 Å². The van der Waals surface area contributed by atoms with Crippen molar-refractivity contribution in [1.29, 1.82) is 5.26 Å². The normalized spacial score (nSPS) is 20.8. The van der Waals surface area contributed by atoms with E-state index >= 15 is 0 Å². The van der Waals surface area contributed by atoms with Crippen LogP contribution in [0.1, 0.15) is 12.7 Å². The lowest BCUT2D eigenvalue weighted by Gasteiger charge is -2.32. The molecule has 9 nitrogen and oxygen atoms in total. The van der Waals surface area contributed by atoms with E-state index in [0.29, 0.717) is 36.9 Å². The number of benzene rings is 1. The number of morpholine rings is 1. The Labute approximate surface area is 181 Å². The number of quaternary nitrogens is 1. The van der Waals surface area contributed by atoms with Crippen molar-refractivity contribution in [3.05, 3.63) is 30.1 Å². The summed E-state index contributed by atoms with van der Waals surface area (Å²) in [7, 11) is 4.12. The van der Waals surface area contributed by atoms with Gasteiger partial charge < -0.3 is 14.5 Å². The van der Waals surface area contributed by atoms with Crippen molar-refractivity contribution in [1.82, 2.24) is 24.0 Å². The van der Waals surface area contributed by atoms with Gasteiger partial charge in [-0.1, -0.05) is 19.1 Å². The van der Waals surface area contributed by atoms with Crippen molar-refractivity contribution in [3.8, 4) is 12.0 Å². The third-order valence-electron chi connectivity index (χ3n) is 6.14. The predicted octanol–water partition coefficient (Wildman–Crippen LogP) is 2.08. The first-order valence-corrected chi connectivity index (χ1v) is 10.7. The molecule has 0 N–H and O–H groups in total. The highest BCUT2D eigenvalue weighted by atomic mass is 16.5. The smallest absolute Gasteiger partial charge is 0.240 e. The number of para-hydroxylation sites is 2. The summed E-state index contributed by atoms with van der Waals surface area (Å²) in [5.41, 5.74) is 2.95. The molecule has 2 aliphatic rings. The fourth-order valence-electron chi connectivity index (χ4n) is 4.69. The zero-order valence-electron chi connectivity index (χ0n) is 18.2. The van der Waals surface area contributed by atoms with E-state index in [1.54, 1.807) is 0 Å². The van der Waals surface area contributed by atoms with Gasteiger partial charge in [0.15, 0.2) is 19.0 Å². The van der Waals surface area contributed by atoms with Gasteiger partial charge in [0.05, 0.1) is 31.3 Å². The van der Waals surface area contributed by atoms with Gasteiger partial charge in [-0.05, 0) is 12.1 Å². The molecular weight excluding hydrogens is 392 g/mol. The first kappa shape index (κ1) is 19.7. The van der Waals surface area contributed by atoms with E-state index in [2.05, 4.69) is 40.5 Å². The zero-order valence-corrected chi connectivity index (χ0v) is 18.2. The van der Waals surface area contributed by atoms with Gasteiger partial charge in [-0.3, -0.25) is 9.05 Å². The Balaban J connectivity index is 1.77. The summed E-state index contributed by atoms with van der Waals surface area (Å²) in [6.45, 7) is 6.02. The molecule has 9 heteroatoms. The molecule has 1 fully saturated rings. The van der Waals surface area contributed by atoms with Crippen LogP contribution in [-0.2, 0) is 11.2 Å². The number of aromatic nitrogens is 4. The highest BCUT2D eigenvalue weighted by molar-refractivity contribution is 5.83. The Morgan fingerprint density at radius 3 is 2.61 bits per heavy atom. The SMILES string of the molecule is CCc1nc2ccccc2n1-c1nc2c(c(N3CCOCC3)n1)[N+](C)(CC#N)CN2C. The number of hydrogen-bond acceptors (Lipinski definition) is 7. The summed E-state index contributed by atoms with van der Waals surface area (Å²) in [6.07, 6.45) is 0.778. The molecule has 1 unspecified atom stereocenters. The van der Waals surface area contributed by atoms with Crippen LogP contribution in [0.5, 0.6) is 0 Å². The molecule has 1 aromatic carbocycles. The molecule has 0 radical (unpaired) electrons. The maximum Gasteiger partial charge on any atom is 0.240 e. The second kappa shape index (κ2) is 7.48. The Morgan fingerprint density at radius 1 is 1.13 bits per heavy atom. The zero-order chi connectivity index (χ0) is 21.6. The minimum Gasteiger partial charge on any atom is -0.378 e. The van der Waals surface area contributed by atoms with Crippen LogP contribution in [0.4, 0.5) is 17.3 Å². The summed E-state index contributed by atoms with van der Waals surface area (Å²) >= 11 is 0. The molecule has 1 atom stereocenters. The third kappa shape index (κ3) is 3.10. The first-order chi connectivity index (χ1) is 15.1. The van der Waals surface area contributed by atoms with Crippen LogP contribution >= 0.6 is 0 Å². The molecule has 2 aliphatic heterocycles. The minimum atomic E-state index is 0.367. The van der Waals surface area contributed by atoms with Gasteiger partial charge in [0, 0.05) is 26.6 Å². The summed E-state index contributed by atoms with van der Waals surface area (Å²) in [5.74, 6) is 3.33. The fourth-order valence-corrected chi connectivity index (χ4v) is 4.69. The summed E-state index contributed by atoms with van der Waals surface area (Å²) < 4.78 is 8.13. The minimum absolute atomic E-state index is 0.367. The third-order valence-corrected chi connectivity index (χ3v) is 6.14. The largest absolute Gasteiger partial charge is 0.378 e. The average molecular weight is 420 g/mol. The molecule has 0 spiro atoms. The Morgan fingerprint density at radius 2 is 1.87 bits per heavy atom. The molecule has 3 aromatic rings. The van der Waals surface area contributed by atoms with Crippen LogP contribution in [-0.4, -0.2) is 73.1 Å². The van der Waals surface area contributed by atoms with Crippen molar-refractivity contribution >= 4 is 28.4 Å². The van der Waals surface area contributed by atoms with Gasteiger partial charge in [0.1, 0.15) is 11.9 Å². The lowest BCUT2D eigenvalue weighted by atomic mass is 10.3. The molecule has 0 amide bonds. The van der Waals surface area contributed by atoms with Crippen LogP contribution in [0, 0.1) is 11.3 Å². The van der Waals surface area contributed by atoms with Gasteiger partial charge in [-0.25, -0.2) is 4.98 Å². The molecule has 160 valence electrons. The number of imidazole rings is 1. The molecule has 0 saturated carbocycles. The van der Waals surface area contributed by atoms with E-state index in [-0.39, 0.29) is 0 Å². The molecular formula is C22H27N8O+. The standard InChI is InChI=1S/C22H27N8O/c1-4-18-24-16-7-5-6-8-17(16)29(18)22-25-20-19(30(3,12-9-23)15-27(20)2)21(26-22)28-10-13-31-14-11-28/h5-8H,4,10-15H2,1-3H3/q+1. The van der Waals surface area contributed by atoms with E-state index in [0.717, 1.165) is 53.7 Å². The molecule has 0 aliphatic carbocycles. The number of aryl methyl sites for hydroxylation is 1. The van der Waals surface area contributed by atoms with Gasteiger partial charge in [-0.15, -0.1) is 0 Å². The van der Waals surface area contributed by atoms with Crippen molar-refractivity contribution in [2.75, 3.05) is 63.4 Å². The van der Waals surface area contributed by atoms with E-state index in [1.165, 1.54) is 0 Å². The van der Waals surface area contributed by atoms with E-state index in [9.17, 15) is 5.26 Å². The quantitative estimate of drug-likeness (QED) is 0.473. The highest BCUT2D eigenvalue weighted by Crippen LogP contribution is 2.45. The molecule has 1 saturated heterocycles. The summed E-state index contributed by atoms with van der Waals surface area (Å²) in [4.78, 5) is 19.3. The van der Waals surface area contributed by atoms with Gasteiger partial charge >= 0.3 is 0 Å². The van der Waals surface area contributed by atoms with Crippen molar-refractivity contribution in [2.45, 2.75) is 13.3 Å². The molecule has 31 heavy (non-hydrogen) atoms. The number of fused-ring (bicyclic) bond motifs is 2. The first-order valence-electron chi connectivity index (χ1n) is 10.7. The Hall–Kier alpha value is -3.22. The van der Waals surface area contributed by atoms with Crippen LogP contribution in [0.2, 0.25) is 0 Å². The summed E-state index contributed by atoms with van der Waals surface area (Å²) in [6, 6.07) is 10.5. The molecule has 4 heterocycles. The second-order valence-corrected chi connectivity index (χ2v) is 8.38. The van der Waals surface area contributed by atoms with Gasteiger partial charge in [-0.2, -0.15) is 15.2 Å². The van der Waals surface area contributed by atoms with Gasteiger partial charge in [0.25, 0.3) is 0 Å². The van der Waals surface area contributed by atoms with Crippen molar-refractivity contribution in [3.63, 3.8) is 0 Å². The number of ether oxygens (including phenoxy) is 1. The van der Waals surface area contributed by atoms with E-state index in [4.69, 9.17) is 19.7 Å². The number of nitrogens with zero attached hydrogens (tertiary/aromatic N) is 8. The van der Waals surface area contributed by atoms with Crippen LogP contribution in [0.15, 0.2) is 24.3 Å². The van der Waals surface area contributed by atoms with Crippen LogP contribution in [0.3, 0.4) is 0 Å². The topological polar surface area (TPSA) is 83.1 Å². The van der Waals surface area contributed by atoms with Crippen LogP contribution in [0.25, 0.3) is 17.0 Å². The molecule has 2 aromatic heterocycles. The average Bonchev–Trinajstić information content (AvgIpc) is 3.29. The lowest BCUT2D eigenvalue weighted by molar-refractivity contribution is 0.122. The predicted molar refractivity (Wildman–Crippen MR) is 121 cm³/mol. The molecule has 5 rings (SSSR count). The van der Waals surface area contributed by atoms with Crippen molar-refractivity contribution < 1.29 is 4.74 Å². The highest BCUT2D eigenvalue weighted by Gasteiger charge is 2.44. The molecule has 0 bridgehead atoms. The number of hydrogen-bond donors (Lipinski definition) is 0. The number of nitriles is 1. The number of rotatable bonds is 4. The maximum atomic E-state index is 9.53. The van der Waals surface area contributed by atoms with Crippen LogP contribution < -0.4 is 14.3 Å². The second-order valence-electron chi connectivity index (χ2n) is 8.38. The van der Waals surface area contributed by atoms with E-state index < -0.39 is 0 Å². The Bertz CT molecular complexity index is 1180. The Kier molecular flexibility index (Phi) is 4.76. The lowest BCUT2D eigenvalue weighted by Crippen LogP contribution is -2.48. The van der Waals surface area contributed by atoms with E-state index in [1.807, 2.05) is 25.2 Å². The maximum absolute atomic E-state index is 9.53. The fraction of sp³-hybridized carbons (Fsp3) is 0.455. The monoisotopic (exact) mass is 419 g/mol. The summed E-state index contributed by atoms with van der Waals surface area (Å²) in [5, 5.41) is 9.53. The number of anilines is 2. The van der Waals surface area contributed by atoms with Gasteiger partial charge in [0.2, 0.25) is 17.5 Å².